The van der Waals surface area contributed by atoms with E-state index in [1.165, 1.54) is 10.6 Å². The first-order valence-corrected chi connectivity index (χ1v) is 11.1. The number of amides is 2. The van der Waals surface area contributed by atoms with Crippen molar-refractivity contribution in [3.8, 4) is 5.75 Å². The van der Waals surface area contributed by atoms with Gasteiger partial charge in [0.2, 0.25) is 11.8 Å². The highest BCUT2D eigenvalue weighted by molar-refractivity contribution is 5.96. The second kappa shape index (κ2) is 9.83. The van der Waals surface area contributed by atoms with Gasteiger partial charge in [-0.25, -0.2) is 0 Å². The Labute approximate surface area is 183 Å². The number of anilines is 3. The molecule has 2 aromatic carbocycles. The molecule has 2 aliphatic heterocycles. The van der Waals surface area contributed by atoms with Crippen molar-refractivity contribution in [2.24, 2.45) is 0 Å². The van der Waals surface area contributed by atoms with Crippen molar-refractivity contribution >= 4 is 28.9 Å². The minimum Gasteiger partial charge on any atom is -0.497 e. The van der Waals surface area contributed by atoms with E-state index >= 15 is 0 Å². The molecule has 7 heteroatoms. The number of hydrogen-bond donors (Lipinski definition) is 2. The first kappa shape index (κ1) is 21.2. The van der Waals surface area contributed by atoms with Crippen LogP contribution in [0.2, 0.25) is 0 Å². The number of quaternary nitrogens is 1. The Kier molecular flexibility index (Phi) is 6.72. The average molecular weight is 424 g/mol. The van der Waals surface area contributed by atoms with Gasteiger partial charge in [-0.05, 0) is 55.0 Å². The Bertz CT molecular complexity index is 890. The van der Waals surface area contributed by atoms with Crippen LogP contribution in [0.1, 0.15) is 19.3 Å². The fourth-order valence-corrected chi connectivity index (χ4v) is 4.28. The Balaban J connectivity index is 1.19. The van der Waals surface area contributed by atoms with Crippen molar-refractivity contribution in [1.82, 2.24) is 0 Å². The molecule has 0 saturated carbocycles. The van der Waals surface area contributed by atoms with E-state index in [0.717, 1.165) is 62.8 Å². The second-order valence-corrected chi connectivity index (χ2v) is 8.18. The summed E-state index contributed by atoms with van der Waals surface area (Å²) < 4.78 is 5.23. The predicted octanol–water partition coefficient (Wildman–Crippen LogP) is 1.56. The van der Waals surface area contributed by atoms with Crippen LogP contribution in [0.25, 0.3) is 0 Å². The third kappa shape index (κ3) is 5.35. The molecule has 2 aliphatic rings. The molecular formula is C24H31N4O3+. The summed E-state index contributed by atoms with van der Waals surface area (Å²) in [6.07, 6.45) is 2.04. The van der Waals surface area contributed by atoms with Crippen molar-refractivity contribution in [3.05, 3.63) is 48.5 Å². The molecule has 4 rings (SSSR count). The van der Waals surface area contributed by atoms with E-state index in [1.54, 1.807) is 12.0 Å². The number of rotatable bonds is 7. The Morgan fingerprint density at radius 2 is 1.68 bits per heavy atom. The molecule has 0 radical (unpaired) electrons. The zero-order valence-electron chi connectivity index (χ0n) is 18.1. The zero-order chi connectivity index (χ0) is 21.6. The molecule has 0 unspecified atom stereocenters. The molecule has 0 aromatic heterocycles. The van der Waals surface area contributed by atoms with E-state index < -0.39 is 0 Å². The maximum Gasteiger partial charge on any atom is 0.230 e. The highest BCUT2D eigenvalue weighted by Gasteiger charge is 2.22. The summed E-state index contributed by atoms with van der Waals surface area (Å²) in [6, 6.07) is 15.7. The van der Waals surface area contributed by atoms with Crippen LogP contribution in [0.3, 0.4) is 0 Å². The third-order valence-electron chi connectivity index (χ3n) is 6.15. The Hall–Kier alpha value is -3.06. The lowest BCUT2D eigenvalue weighted by Crippen LogP contribution is -3.15. The molecule has 0 spiro atoms. The number of nitrogens with one attached hydrogen (secondary N) is 2. The van der Waals surface area contributed by atoms with Crippen LogP contribution in [0.15, 0.2) is 48.5 Å². The molecule has 2 aromatic rings. The van der Waals surface area contributed by atoms with Gasteiger partial charge in [0.1, 0.15) is 5.75 Å². The predicted molar refractivity (Wildman–Crippen MR) is 122 cm³/mol. The fourth-order valence-electron chi connectivity index (χ4n) is 4.28. The van der Waals surface area contributed by atoms with Crippen molar-refractivity contribution in [1.29, 1.82) is 0 Å². The van der Waals surface area contributed by atoms with E-state index in [0.29, 0.717) is 12.8 Å². The van der Waals surface area contributed by atoms with Gasteiger partial charge in [0.15, 0.2) is 0 Å². The van der Waals surface area contributed by atoms with Gasteiger partial charge in [-0.15, -0.1) is 0 Å². The monoisotopic (exact) mass is 423 g/mol. The number of carbonyl (C=O) groups excluding carboxylic acids is 2. The van der Waals surface area contributed by atoms with Gasteiger partial charge in [-0.3, -0.25) is 9.59 Å². The molecule has 0 bridgehead atoms. The van der Waals surface area contributed by atoms with Gasteiger partial charge in [-0.2, -0.15) is 0 Å². The van der Waals surface area contributed by atoms with Crippen molar-refractivity contribution in [2.45, 2.75) is 19.3 Å². The highest BCUT2D eigenvalue weighted by Crippen LogP contribution is 2.23. The lowest BCUT2D eigenvalue weighted by atomic mass is 10.2. The van der Waals surface area contributed by atoms with E-state index in [4.69, 9.17) is 4.74 Å². The summed E-state index contributed by atoms with van der Waals surface area (Å²) in [5.41, 5.74) is 2.90. The van der Waals surface area contributed by atoms with E-state index in [2.05, 4.69) is 22.3 Å². The lowest BCUT2D eigenvalue weighted by molar-refractivity contribution is -0.900. The summed E-state index contributed by atoms with van der Waals surface area (Å²) in [4.78, 5) is 29.9. The minimum atomic E-state index is 0.0371. The summed E-state index contributed by atoms with van der Waals surface area (Å²) in [5.74, 6) is 1.08. The van der Waals surface area contributed by atoms with Crippen LogP contribution < -0.4 is 24.8 Å². The number of ether oxygens (including phenoxy) is 1. The molecule has 164 valence electrons. The summed E-state index contributed by atoms with van der Waals surface area (Å²) in [6.45, 7) is 5.64. The van der Waals surface area contributed by atoms with E-state index in [-0.39, 0.29) is 11.8 Å². The van der Waals surface area contributed by atoms with Crippen molar-refractivity contribution in [2.75, 3.05) is 61.5 Å². The van der Waals surface area contributed by atoms with Crippen LogP contribution >= 0.6 is 0 Å². The van der Waals surface area contributed by atoms with Crippen LogP contribution in [0, 0.1) is 0 Å². The number of benzene rings is 2. The molecule has 2 amide bonds. The van der Waals surface area contributed by atoms with Gasteiger partial charge in [0.05, 0.1) is 46.3 Å². The molecule has 2 fully saturated rings. The number of piperazine rings is 1. The topological polar surface area (TPSA) is 66.3 Å². The maximum absolute atomic E-state index is 12.4. The highest BCUT2D eigenvalue weighted by atomic mass is 16.5. The number of methoxy groups -OCH3 is 1. The van der Waals surface area contributed by atoms with Gasteiger partial charge in [0, 0.05) is 30.0 Å². The quantitative estimate of drug-likeness (QED) is 0.709. The minimum absolute atomic E-state index is 0.0371. The van der Waals surface area contributed by atoms with E-state index in [1.807, 2.05) is 36.4 Å². The Morgan fingerprint density at radius 3 is 2.29 bits per heavy atom. The van der Waals surface area contributed by atoms with E-state index in [9.17, 15) is 9.59 Å². The van der Waals surface area contributed by atoms with Gasteiger partial charge < -0.3 is 24.8 Å². The smallest absolute Gasteiger partial charge is 0.230 e. The molecule has 7 nitrogen and oxygen atoms in total. The molecule has 2 N–H and O–H groups in total. The Morgan fingerprint density at radius 1 is 1.00 bits per heavy atom. The maximum atomic E-state index is 12.4. The average Bonchev–Trinajstić information content (AvgIpc) is 3.24. The first-order chi connectivity index (χ1) is 15.1. The van der Waals surface area contributed by atoms with Crippen LogP contribution in [-0.2, 0) is 9.59 Å². The molecule has 0 atom stereocenters. The van der Waals surface area contributed by atoms with Crippen LogP contribution in [0.4, 0.5) is 17.1 Å². The van der Waals surface area contributed by atoms with Gasteiger partial charge in [-0.1, -0.05) is 0 Å². The third-order valence-corrected chi connectivity index (χ3v) is 6.15. The van der Waals surface area contributed by atoms with Gasteiger partial charge >= 0.3 is 0 Å². The summed E-state index contributed by atoms with van der Waals surface area (Å²) in [5, 5.41) is 2.98. The largest absolute Gasteiger partial charge is 0.497 e. The molecule has 2 heterocycles. The first-order valence-electron chi connectivity index (χ1n) is 11.1. The SMILES string of the molecule is COc1ccc(N2CC[NH+](CCC(=O)Nc3ccc(N4CCCC4=O)cc3)CC2)cc1. The summed E-state index contributed by atoms with van der Waals surface area (Å²) in [7, 11) is 1.68. The number of hydrogen-bond acceptors (Lipinski definition) is 4. The van der Waals surface area contributed by atoms with Crippen molar-refractivity contribution < 1.29 is 19.2 Å². The number of nitrogens with zero attached hydrogens (tertiary/aromatic N) is 2. The zero-order valence-corrected chi connectivity index (χ0v) is 18.1. The standard InChI is InChI=1S/C24H30N4O3/c1-31-22-10-8-20(9-11-22)27-17-15-26(16-18-27)14-12-23(29)25-19-4-6-21(7-5-19)28-13-2-3-24(28)30/h4-11H,2-3,12-18H2,1H3,(H,25,29)/p+1. The molecule has 0 aliphatic carbocycles. The van der Waals surface area contributed by atoms with Gasteiger partial charge in [0.25, 0.3) is 0 Å². The fraction of sp³-hybridized carbons (Fsp3) is 0.417. The molecular weight excluding hydrogens is 392 g/mol. The lowest BCUT2D eigenvalue weighted by Gasteiger charge is -2.33. The normalized spacial score (nSPS) is 17.1. The number of carbonyl (C=O) groups is 2. The summed E-state index contributed by atoms with van der Waals surface area (Å²) >= 11 is 0. The second-order valence-electron chi connectivity index (χ2n) is 8.18. The molecule has 2 saturated heterocycles. The van der Waals surface area contributed by atoms with Crippen molar-refractivity contribution in [3.63, 3.8) is 0 Å². The molecule has 31 heavy (non-hydrogen) atoms. The van der Waals surface area contributed by atoms with Crippen LogP contribution in [0.5, 0.6) is 5.75 Å². The van der Waals surface area contributed by atoms with Crippen LogP contribution in [-0.4, -0.2) is 58.2 Å².